The van der Waals surface area contributed by atoms with E-state index >= 15 is 0 Å². The second-order valence-electron chi connectivity index (χ2n) is 4.69. The van der Waals surface area contributed by atoms with E-state index < -0.39 is 5.97 Å². The minimum Gasteiger partial charge on any atom is -0.477 e. The summed E-state index contributed by atoms with van der Waals surface area (Å²) in [6.45, 7) is 1.85. The van der Waals surface area contributed by atoms with E-state index in [2.05, 4.69) is 10.1 Å². The van der Waals surface area contributed by atoms with E-state index in [1.54, 1.807) is 17.8 Å². The summed E-state index contributed by atoms with van der Waals surface area (Å²) in [6, 6.07) is 10.7. The Kier molecular flexibility index (Phi) is 3.06. The fraction of sp³-hybridized carbons (Fsp3) is 0.133. The normalized spacial score (nSPS) is 10.8. The molecule has 0 saturated heterocycles. The zero-order valence-corrected chi connectivity index (χ0v) is 11.6. The van der Waals surface area contributed by atoms with Gasteiger partial charge in [-0.1, -0.05) is 18.2 Å². The Hall–Kier alpha value is -2.89. The number of aromatic nitrogens is 3. The van der Waals surface area contributed by atoms with Crippen LogP contribution >= 0.6 is 0 Å². The summed E-state index contributed by atoms with van der Waals surface area (Å²) in [5.41, 5.74) is 0.758. The molecule has 3 rings (SSSR count). The van der Waals surface area contributed by atoms with Crippen molar-refractivity contribution in [3.05, 3.63) is 47.8 Å². The molecule has 2 heterocycles. The predicted octanol–water partition coefficient (Wildman–Crippen LogP) is 2.77. The molecule has 0 atom stereocenters. The van der Waals surface area contributed by atoms with Crippen molar-refractivity contribution in [2.24, 2.45) is 7.05 Å². The number of carboxylic acids is 1. The van der Waals surface area contributed by atoms with Gasteiger partial charge in [-0.25, -0.2) is 14.5 Å². The van der Waals surface area contributed by atoms with E-state index in [1.807, 2.05) is 31.2 Å². The van der Waals surface area contributed by atoms with Crippen LogP contribution in [0.25, 0.3) is 10.8 Å². The van der Waals surface area contributed by atoms with Crippen molar-refractivity contribution in [3.63, 3.8) is 0 Å². The van der Waals surface area contributed by atoms with Crippen LogP contribution in [0.4, 0.5) is 0 Å². The fourth-order valence-corrected chi connectivity index (χ4v) is 2.14. The van der Waals surface area contributed by atoms with Gasteiger partial charge in [-0.3, -0.25) is 0 Å². The van der Waals surface area contributed by atoms with Crippen molar-refractivity contribution >= 4 is 16.7 Å². The lowest BCUT2D eigenvalue weighted by Gasteiger charge is -2.09. The number of rotatable bonds is 3. The number of carboxylic acid groups (broad SMARTS) is 1. The molecule has 0 unspecified atom stereocenters. The molecule has 0 aliphatic heterocycles. The first kappa shape index (κ1) is 13.1. The van der Waals surface area contributed by atoms with Gasteiger partial charge in [0.05, 0.1) is 5.69 Å². The third-order valence-corrected chi connectivity index (χ3v) is 3.08. The van der Waals surface area contributed by atoms with Crippen LogP contribution in [0.5, 0.6) is 11.8 Å². The first-order valence-electron chi connectivity index (χ1n) is 6.36. The highest BCUT2D eigenvalue weighted by atomic mass is 16.5. The van der Waals surface area contributed by atoms with E-state index in [-0.39, 0.29) is 11.6 Å². The van der Waals surface area contributed by atoms with Crippen molar-refractivity contribution in [1.82, 2.24) is 14.8 Å². The molecule has 6 heteroatoms. The van der Waals surface area contributed by atoms with Crippen molar-refractivity contribution in [1.29, 1.82) is 0 Å². The smallest absolute Gasteiger partial charge is 0.354 e. The van der Waals surface area contributed by atoms with Gasteiger partial charge >= 0.3 is 5.97 Å². The average molecular weight is 283 g/mol. The van der Waals surface area contributed by atoms with E-state index in [9.17, 15) is 4.79 Å². The molecule has 0 aliphatic carbocycles. The van der Waals surface area contributed by atoms with Gasteiger partial charge < -0.3 is 9.84 Å². The summed E-state index contributed by atoms with van der Waals surface area (Å²) in [4.78, 5) is 15.3. The van der Waals surface area contributed by atoms with Crippen LogP contribution in [0.1, 0.15) is 16.2 Å². The Balaban J connectivity index is 2.16. The Labute approximate surface area is 120 Å². The monoisotopic (exact) mass is 283 g/mol. The predicted molar refractivity (Wildman–Crippen MR) is 76.7 cm³/mol. The van der Waals surface area contributed by atoms with Crippen LogP contribution in [0.15, 0.2) is 36.4 Å². The van der Waals surface area contributed by atoms with Crippen molar-refractivity contribution in [2.45, 2.75) is 6.92 Å². The van der Waals surface area contributed by atoms with Gasteiger partial charge in [0.25, 0.3) is 0 Å². The molecule has 3 aromatic rings. The summed E-state index contributed by atoms with van der Waals surface area (Å²) < 4.78 is 7.34. The number of aryl methyl sites for hydroxylation is 2. The van der Waals surface area contributed by atoms with E-state index in [0.717, 1.165) is 16.5 Å². The second-order valence-corrected chi connectivity index (χ2v) is 4.69. The third kappa shape index (κ3) is 2.43. The molecule has 106 valence electrons. The number of carbonyl (C=O) groups is 1. The van der Waals surface area contributed by atoms with Crippen LogP contribution in [0.2, 0.25) is 0 Å². The number of hydrogen-bond donors (Lipinski definition) is 1. The lowest BCUT2D eigenvalue weighted by molar-refractivity contribution is 0.0690. The third-order valence-electron chi connectivity index (χ3n) is 3.08. The molecule has 0 radical (unpaired) electrons. The maximum Gasteiger partial charge on any atom is 0.354 e. The molecule has 6 nitrogen and oxygen atoms in total. The maximum absolute atomic E-state index is 11.2. The number of ether oxygens (including phenoxy) is 1. The average Bonchev–Trinajstić information content (AvgIpc) is 2.76. The summed E-state index contributed by atoms with van der Waals surface area (Å²) >= 11 is 0. The molecule has 0 bridgehead atoms. The number of benzene rings is 1. The molecular weight excluding hydrogens is 270 g/mol. The number of fused-ring (bicyclic) bond motifs is 1. The molecule has 0 spiro atoms. The molecule has 0 fully saturated rings. The largest absolute Gasteiger partial charge is 0.477 e. The van der Waals surface area contributed by atoms with Gasteiger partial charge in [0.15, 0.2) is 5.69 Å². The van der Waals surface area contributed by atoms with Crippen LogP contribution in [0.3, 0.4) is 0 Å². The van der Waals surface area contributed by atoms with Crippen LogP contribution in [0, 0.1) is 6.92 Å². The quantitative estimate of drug-likeness (QED) is 0.799. The van der Waals surface area contributed by atoms with E-state index in [1.165, 1.54) is 6.07 Å². The number of hydrogen-bond acceptors (Lipinski definition) is 4. The molecular formula is C15H13N3O3. The highest BCUT2D eigenvalue weighted by Crippen LogP contribution is 2.28. The molecule has 21 heavy (non-hydrogen) atoms. The van der Waals surface area contributed by atoms with Crippen molar-refractivity contribution in [3.8, 4) is 11.8 Å². The highest BCUT2D eigenvalue weighted by Gasteiger charge is 2.14. The Morgan fingerprint density at radius 2 is 2.05 bits per heavy atom. The minimum absolute atomic E-state index is 0.0532. The van der Waals surface area contributed by atoms with Crippen LogP contribution in [-0.2, 0) is 7.05 Å². The molecule has 2 aromatic heterocycles. The maximum atomic E-state index is 11.2. The first-order chi connectivity index (χ1) is 10.0. The van der Waals surface area contributed by atoms with Gasteiger partial charge in [-0.2, -0.15) is 5.10 Å². The lowest BCUT2D eigenvalue weighted by atomic mass is 10.1. The standard InChI is InChI=1S/C15H13N3O3/c1-9-7-13(18(2)17-9)21-14-11-6-4-3-5-10(11)8-12(16-14)15(19)20/h3-8H,1-2H3,(H,19,20). The molecule has 0 amide bonds. The lowest BCUT2D eigenvalue weighted by Crippen LogP contribution is -2.03. The Bertz CT molecular complexity index is 839. The topological polar surface area (TPSA) is 77.2 Å². The van der Waals surface area contributed by atoms with E-state index in [4.69, 9.17) is 9.84 Å². The van der Waals surface area contributed by atoms with Crippen LogP contribution < -0.4 is 4.74 Å². The molecule has 0 aliphatic rings. The molecule has 0 saturated carbocycles. The number of aromatic carboxylic acids is 1. The van der Waals surface area contributed by atoms with Gasteiger partial charge in [0.2, 0.25) is 11.8 Å². The SMILES string of the molecule is Cc1cc(Oc2nc(C(=O)O)cc3ccccc23)n(C)n1. The van der Waals surface area contributed by atoms with Gasteiger partial charge in [0.1, 0.15) is 0 Å². The molecule has 1 N–H and O–H groups in total. The summed E-state index contributed by atoms with van der Waals surface area (Å²) in [5, 5.41) is 14.9. The fourth-order valence-electron chi connectivity index (χ4n) is 2.14. The van der Waals surface area contributed by atoms with Crippen molar-refractivity contribution < 1.29 is 14.6 Å². The number of nitrogens with zero attached hydrogens (tertiary/aromatic N) is 3. The van der Waals surface area contributed by atoms with E-state index in [0.29, 0.717) is 5.88 Å². The summed E-state index contributed by atoms with van der Waals surface area (Å²) in [6.07, 6.45) is 0. The summed E-state index contributed by atoms with van der Waals surface area (Å²) in [7, 11) is 1.76. The molecule has 1 aromatic carbocycles. The Morgan fingerprint density at radius 3 is 2.71 bits per heavy atom. The minimum atomic E-state index is -1.09. The van der Waals surface area contributed by atoms with Gasteiger partial charge in [0, 0.05) is 18.5 Å². The van der Waals surface area contributed by atoms with Gasteiger partial charge in [-0.05, 0) is 24.4 Å². The second kappa shape index (κ2) is 4.90. The van der Waals surface area contributed by atoms with Crippen molar-refractivity contribution in [2.75, 3.05) is 0 Å². The van der Waals surface area contributed by atoms with Crippen LogP contribution in [-0.4, -0.2) is 25.8 Å². The number of pyridine rings is 1. The summed E-state index contributed by atoms with van der Waals surface area (Å²) in [5.74, 6) is -0.326. The Morgan fingerprint density at radius 1 is 1.29 bits per heavy atom. The zero-order valence-electron chi connectivity index (χ0n) is 11.6. The highest BCUT2D eigenvalue weighted by molar-refractivity contribution is 5.94. The zero-order chi connectivity index (χ0) is 15.0. The first-order valence-corrected chi connectivity index (χ1v) is 6.36. The van der Waals surface area contributed by atoms with Gasteiger partial charge in [-0.15, -0.1) is 0 Å².